The Labute approximate surface area is 218 Å². The van der Waals surface area contributed by atoms with Gasteiger partial charge in [-0.05, 0) is 74.2 Å². The third-order valence-corrected chi connectivity index (χ3v) is 7.81. The van der Waals surface area contributed by atoms with Crippen molar-refractivity contribution < 1.29 is 9.59 Å². The molecule has 0 radical (unpaired) electrons. The minimum atomic E-state index is -0.700. The highest BCUT2D eigenvalue weighted by Crippen LogP contribution is 2.35. The molecule has 2 heterocycles. The van der Waals surface area contributed by atoms with E-state index in [0.717, 1.165) is 53.5 Å². The Balaban J connectivity index is 1.74. The molecule has 4 rings (SSSR count). The number of para-hydroxylation sites is 1. The summed E-state index contributed by atoms with van der Waals surface area (Å²) >= 11 is 6.32. The molecule has 2 amide bonds. The molecule has 3 N–H and O–H groups in total. The number of aromatic nitrogens is 1. The zero-order valence-corrected chi connectivity index (χ0v) is 22.4. The van der Waals surface area contributed by atoms with Crippen LogP contribution in [-0.2, 0) is 16.0 Å². The summed E-state index contributed by atoms with van der Waals surface area (Å²) in [4.78, 5) is 32.8. The minimum Gasteiger partial charge on any atom is -0.361 e. The van der Waals surface area contributed by atoms with E-state index in [0.29, 0.717) is 11.6 Å². The first-order chi connectivity index (χ1) is 17.4. The second-order valence-electron chi connectivity index (χ2n) is 9.93. The quantitative estimate of drug-likeness (QED) is 0.368. The van der Waals surface area contributed by atoms with Crippen molar-refractivity contribution in [2.75, 3.05) is 25.0 Å². The van der Waals surface area contributed by atoms with Crippen LogP contribution in [-0.4, -0.2) is 43.0 Å². The van der Waals surface area contributed by atoms with Crippen LogP contribution < -0.4 is 15.5 Å². The molecule has 3 aromatic rings. The van der Waals surface area contributed by atoms with Crippen LogP contribution in [0.4, 0.5) is 5.69 Å². The summed E-state index contributed by atoms with van der Waals surface area (Å²) in [5.74, 6) is -0.252. The Kier molecular flexibility index (Phi) is 8.37. The third-order valence-electron chi connectivity index (χ3n) is 7.57. The summed E-state index contributed by atoms with van der Waals surface area (Å²) in [6.45, 7) is 7.44. The van der Waals surface area contributed by atoms with Gasteiger partial charge in [0.2, 0.25) is 11.8 Å². The molecule has 0 aliphatic carbocycles. The van der Waals surface area contributed by atoms with Crippen LogP contribution in [0, 0.1) is 11.8 Å². The van der Waals surface area contributed by atoms with E-state index in [9.17, 15) is 9.59 Å². The number of benzene rings is 2. The molecule has 6 nitrogen and oxygen atoms in total. The monoisotopic (exact) mass is 508 g/mol. The molecule has 0 saturated carbocycles. The predicted octanol–water partition coefficient (Wildman–Crippen LogP) is 5.27. The lowest BCUT2D eigenvalue weighted by Crippen LogP contribution is -2.55. The lowest BCUT2D eigenvalue weighted by molar-refractivity contribution is -0.130. The molecule has 0 bridgehead atoms. The topological polar surface area (TPSA) is 77.2 Å². The van der Waals surface area contributed by atoms with E-state index in [4.69, 9.17) is 11.6 Å². The van der Waals surface area contributed by atoms with Crippen molar-refractivity contribution in [1.82, 2.24) is 15.6 Å². The predicted molar refractivity (Wildman–Crippen MR) is 148 cm³/mol. The average Bonchev–Trinajstić information content (AvgIpc) is 3.31. The summed E-state index contributed by atoms with van der Waals surface area (Å²) in [6.07, 6.45) is 4.29. The van der Waals surface area contributed by atoms with Crippen molar-refractivity contribution in [3.05, 3.63) is 64.8 Å². The zero-order valence-electron chi connectivity index (χ0n) is 21.6. The maximum atomic E-state index is 14.4. The molecule has 1 aromatic heterocycles. The number of anilines is 1. The van der Waals surface area contributed by atoms with Crippen LogP contribution in [0.25, 0.3) is 10.9 Å². The molecule has 1 aliphatic rings. The maximum Gasteiger partial charge on any atom is 0.250 e. The Morgan fingerprint density at radius 3 is 2.64 bits per heavy atom. The number of hydrogen-bond donors (Lipinski definition) is 3. The van der Waals surface area contributed by atoms with Gasteiger partial charge in [0, 0.05) is 46.2 Å². The summed E-state index contributed by atoms with van der Waals surface area (Å²) in [7, 11) is 1.93. The van der Waals surface area contributed by atoms with Gasteiger partial charge in [0.1, 0.15) is 6.04 Å². The number of hydrogen-bond acceptors (Lipinski definition) is 3. The van der Waals surface area contributed by atoms with Gasteiger partial charge in [-0.2, -0.15) is 0 Å². The lowest BCUT2D eigenvalue weighted by atomic mass is 9.88. The van der Waals surface area contributed by atoms with Gasteiger partial charge in [0.15, 0.2) is 0 Å². The number of carbonyl (C=O) groups excluding carboxylic acids is 2. The summed E-state index contributed by atoms with van der Waals surface area (Å²) in [5, 5.41) is 8.16. The largest absolute Gasteiger partial charge is 0.361 e. The van der Waals surface area contributed by atoms with Crippen molar-refractivity contribution in [1.29, 1.82) is 0 Å². The highest BCUT2D eigenvalue weighted by atomic mass is 35.5. The normalized spacial score (nSPS) is 17.2. The first-order valence-electron chi connectivity index (χ1n) is 13.0. The molecule has 1 aliphatic heterocycles. The summed E-state index contributed by atoms with van der Waals surface area (Å²) in [6, 6.07) is 13.1. The summed E-state index contributed by atoms with van der Waals surface area (Å²) in [5.41, 5.74) is 3.98. The number of aromatic amines is 1. The maximum absolute atomic E-state index is 14.4. The molecule has 3 atom stereocenters. The summed E-state index contributed by atoms with van der Waals surface area (Å²) < 4.78 is 0. The van der Waals surface area contributed by atoms with Gasteiger partial charge in [0.25, 0.3) is 0 Å². The molecule has 2 unspecified atom stereocenters. The van der Waals surface area contributed by atoms with E-state index in [-0.39, 0.29) is 29.6 Å². The van der Waals surface area contributed by atoms with Crippen molar-refractivity contribution in [3.63, 3.8) is 0 Å². The standard InChI is InChI=1S/C29H37ClN4O2/c1-5-20(6-2)28(35)33-27(18(3)24-16-32-25-10-8-7-9-23(24)25)29(36)34-17-19(15-31-4)13-21-14-22(30)11-12-26(21)34/h7-12,14,16,18-20,27,31-32H,5-6,13,15,17H2,1-4H3,(H,33,35)/t18?,19-,27?/m1/s1. The number of amides is 2. The molecule has 7 heteroatoms. The number of fused-ring (bicyclic) bond motifs is 2. The molecule has 0 saturated heterocycles. The molecule has 0 spiro atoms. The first kappa shape index (κ1) is 26.2. The Bertz CT molecular complexity index is 1220. The van der Waals surface area contributed by atoms with Crippen LogP contribution >= 0.6 is 11.6 Å². The average molecular weight is 509 g/mol. The first-order valence-corrected chi connectivity index (χ1v) is 13.4. The van der Waals surface area contributed by atoms with Gasteiger partial charge in [-0.15, -0.1) is 0 Å². The highest BCUT2D eigenvalue weighted by molar-refractivity contribution is 6.30. The van der Waals surface area contributed by atoms with Crippen molar-refractivity contribution in [2.24, 2.45) is 11.8 Å². The molecule has 0 fully saturated rings. The number of rotatable bonds is 9. The second kappa shape index (κ2) is 11.5. The van der Waals surface area contributed by atoms with Crippen LogP contribution in [0.1, 0.15) is 50.7 Å². The van der Waals surface area contributed by atoms with E-state index in [1.54, 1.807) is 0 Å². The lowest BCUT2D eigenvalue weighted by Gasteiger charge is -2.38. The Morgan fingerprint density at radius 2 is 1.92 bits per heavy atom. The van der Waals surface area contributed by atoms with E-state index in [1.807, 2.05) is 75.3 Å². The van der Waals surface area contributed by atoms with Crippen molar-refractivity contribution in [2.45, 2.75) is 52.0 Å². The molecule has 36 heavy (non-hydrogen) atoms. The number of H-pyrrole nitrogens is 1. The molecule has 192 valence electrons. The van der Waals surface area contributed by atoms with Crippen LogP contribution in [0.5, 0.6) is 0 Å². The fraction of sp³-hybridized carbons (Fsp3) is 0.448. The SMILES string of the molecule is CCC(CC)C(=O)NC(C(=O)N1C[C@@H](CNC)Cc2cc(Cl)ccc21)C(C)c1c[nH]c2ccccc12. The van der Waals surface area contributed by atoms with Crippen LogP contribution in [0.3, 0.4) is 0 Å². The van der Waals surface area contributed by atoms with Gasteiger partial charge < -0.3 is 20.5 Å². The number of nitrogens with one attached hydrogen (secondary N) is 3. The Morgan fingerprint density at radius 1 is 1.17 bits per heavy atom. The zero-order chi connectivity index (χ0) is 25.8. The van der Waals surface area contributed by atoms with E-state index >= 15 is 0 Å². The minimum absolute atomic E-state index is 0.0647. The van der Waals surface area contributed by atoms with Crippen LogP contribution in [0.15, 0.2) is 48.7 Å². The second-order valence-corrected chi connectivity index (χ2v) is 10.4. The third kappa shape index (κ3) is 5.30. The fourth-order valence-electron chi connectivity index (χ4n) is 5.50. The molecule has 2 aromatic carbocycles. The van der Waals surface area contributed by atoms with Gasteiger partial charge >= 0.3 is 0 Å². The van der Waals surface area contributed by atoms with Crippen molar-refractivity contribution in [3.8, 4) is 0 Å². The Hall–Kier alpha value is -2.83. The van der Waals surface area contributed by atoms with E-state index < -0.39 is 6.04 Å². The van der Waals surface area contributed by atoms with Gasteiger partial charge in [-0.3, -0.25) is 9.59 Å². The smallest absolute Gasteiger partial charge is 0.250 e. The number of halogens is 1. The molecular formula is C29H37ClN4O2. The number of carbonyl (C=O) groups is 2. The van der Waals surface area contributed by atoms with Crippen LogP contribution in [0.2, 0.25) is 5.02 Å². The van der Waals surface area contributed by atoms with Gasteiger partial charge in [0.05, 0.1) is 0 Å². The van der Waals surface area contributed by atoms with Crippen molar-refractivity contribution >= 4 is 40.0 Å². The van der Waals surface area contributed by atoms with E-state index in [2.05, 4.69) is 21.7 Å². The fourth-order valence-corrected chi connectivity index (χ4v) is 5.69. The van der Waals surface area contributed by atoms with Gasteiger partial charge in [-0.1, -0.05) is 50.6 Å². The number of nitrogens with zero attached hydrogens (tertiary/aromatic N) is 1. The van der Waals surface area contributed by atoms with E-state index in [1.165, 1.54) is 0 Å². The highest BCUT2D eigenvalue weighted by Gasteiger charge is 2.37. The molecular weight excluding hydrogens is 472 g/mol. The van der Waals surface area contributed by atoms with Gasteiger partial charge in [-0.25, -0.2) is 0 Å².